The van der Waals surface area contributed by atoms with E-state index in [9.17, 15) is 9.90 Å². The fourth-order valence-corrected chi connectivity index (χ4v) is 0.615. The minimum absolute atomic E-state index is 0.0688. The Kier molecular flexibility index (Phi) is 4.16. The minimum Gasteiger partial charge on any atom is -0.389 e. The maximum absolute atomic E-state index is 10.3. The van der Waals surface area contributed by atoms with Gasteiger partial charge in [0.1, 0.15) is 6.10 Å². The molecule has 0 fully saturated rings. The molecule has 0 heterocycles. The number of primary amides is 1. The van der Waals surface area contributed by atoms with E-state index >= 15 is 0 Å². The number of carbonyl (C=O) groups is 1. The molecule has 0 aromatic rings. The molecule has 1 unspecified atom stereocenters. The molecule has 0 saturated heterocycles. The summed E-state index contributed by atoms with van der Waals surface area (Å²) in [5, 5.41) is 20.8. The first-order chi connectivity index (χ1) is 5.33. The maximum Gasteiger partial charge on any atom is 0.247 e. The summed E-state index contributed by atoms with van der Waals surface area (Å²) < 4.78 is 0. The van der Waals surface area contributed by atoms with Crippen molar-refractivity contribution >= 4 is 5.91 Å². The molecule has 5 nitrogen and oxygen atoms in total. The van der Waals surface area contributed by atoms with Crippen LogP contribution in [0.2, 0.25) is 0 Å². The molecule has 0 spiro atoms. The second-order valence-corrected chi connectivity index (χ2v) is 3.36. The highest BCUT2D eigenvalue weighted by Crippen LogP contribution is 1.96. The SMILES string of the molecule is CC(C)(O)CNCC(O)C(N)=O. The summed E-state index contributed by atoms with van der Waals surface area (Å²) in [5.41, 5.74) is 3.94. The van der Waals surface area contributed by atoms with Crippen LogP contribution in [0.4, 0.5) is 0 Å². The van der Waals surface area contributed by atoms with Gasteiger partial charge in [0.05, 0.1) is 5.60 Å². The Morgan fingerprint density at radius 3 is 2.50 bits per heavy atom. The van der Waals surface area contributed by atoms with Crippen LogP contribution < -0.4 is 11.1 Å². The van der Waals surface area contributed by atoms with Gasteiger partial charge in [-0.05, 0) is 13.8 Å². The normalized spacial score (nSPS) is 14.3. The van der Waals surface area contributed by atoms with E-state index in [0.29, 0.717) is 6.54 Å². The topological polar surface area (TPSA) is 95.6 Å². The van der Waals surface area contributed by atoms with Gasteiger partial charge >= 0.3 is 0 Å². The molecular weight excluding hydrogens is 160 g/mol. The average molecular weight is 176 g/mol. The van der Waals surface area contributed by atoms with Gasteiger partial charge in [0.15, 0.2) is 0 Å². The maximum atomic E-state index is 10.3. The predicted octanol–water partition coefficient (Wildman–Crippen LogP) is -1.81. The van der Waals surface area contributed by atoms with Crippen molar-refractivity contribution in [1.82, 2.24) is 5.32 Å². The van der Waals surface area contributed by atoms with E-state index in [1.54, 1.807) is 13.8 Å². The highest BCUT2D eigenvalue weighted by Gasteiger charge is 2.14. The van der Waals surface area contributed by atoms with Crippen molar-refractivity contribution in [3.8, 4) is 0 Å². The summed E-state index contributed by atoms with van der Waals surface area (Å²) in [6, 6.07) is 0. The molecule has 1 atom stereocenters. The number of amides is 1. The number of rotatable bonds is 5. The van der Waals surface area contributed by atoms with Gasteiger partial charge in [-0.25, -0.2) is 0 Å². The lowest BCUT2D eigenvalue weighted by Crippen LogP contribution is -2.42. The fraction of sp³-hybridized carbons (Fsp3) is 0.857. The Morgan fingerprint density at radius 1 is 1.67 bits per heavy atom. The third kappa shape index (κ3) is 6.09. The molecule has 0 aliphatic heterocycles. The Balaban J connectivity index is 3.51. The third-order valence-electron chi connectivity index (χ3n) is 1.22. The zero-order valence-corrected chi connectivity index (χ0v) is 7.37. The number of hydrogen-bond donors (Lipinski definition) is 4. The van der Waals surface area contributed by atoms with Crippen LogP contribution in [0.5, 0.6) is 0 Å². The lowest BCUT2D eigenvalue weighted by Gasteiger charge is -2.18. The van der Waals surface area contributed by atoms with Crippen molar-refractivity contribution in [3.05, 3.63) is 0 Å². The van der Waals surface area contributed by atoms with Gasteiger partial charge in [0.2, 0.25) is 5.91 Å². The molecule has 0 aliphatic rings. The Hall–Kier alpha value is -0.650. The molecule has 0 aromatic carbocycles. The first-order valence-corrected chi connectivity index (χ1v) is 3.73. The van der Waals surface area contributed by atoms with E-state index in [1.807, 2.05) is 0 Å². The third-order valence-corrected chi connectivity index (χ3v) is 1.22. The van der Waals surface area contributed by atoms with Crippen molar-refractivity contribution < 1.29 is 15.0 Å². The highest BCUT2D eigenvalue weighted by atomic mass is 16.3. The van der Waals surface area contributed by atoms with Crippen LogP contribution in [0.3, 0.4) is 0 Å². The van der Waals surface area contributed by atoms with Gasteiger partial charge in [0, 0.05) is 13.1 Å². The van der Waals surface area contributed by atoms with Crippen LogP contribution in [0.25, 0.3) is 0 Å². The van der Waals surface area contributed by atoms with Crippen molar-refractivity contribution in [1.29, 1.82) is 0 Å². The van der Waals surface area contributed by atoms with Gasteiger partial charge in [-0.2, -0.15) is 0 Å². The summed E-state index contributed by atoms with van der Waals surface area (Å²) in [4.78, 5) is 10.3. The molecule has 0 aromatic heterocycles. The molecule has 72 valence electrons. The summed E-state index contributed by atoms with van der Waals surface area (Å²) in [6.45, 7) is 3.62. The summed E-state index contributed by atoms with van der Waals surface area (Å²) in [5.74, 6) is -0.766. The van der Waals surface area contributed by atoms with Crippen LogP contribution in [-0.2, 0) is 4.79 Å². The number of hydrogen-bond acceptors (Lipinski definition) is 4. The predicted molar refractivity (Wildman–Crippen MR) is 44.4 cm³/mol. The van der Waals surface area contributed by atoms with E-state index in [2.05, 4.69) is 5.32 Å². The lowest BCUT2D eigenvalue weighted by atomic mass is 10.1. The summed E-state index contributed by atoms with van der Waals surface area (Å²) >= 11 is 0. The van der Waals surface area contributed by atoms with Gasteiger partial charge in [-0.3, -0.25) is 4.79 Å². The van der Waals surface area contributed by atoms with E-state index in [-0.39, 0.29) is 6.54 Å². The highest BCUT2D eigenvalue weighted by molar-refractivity contribution is 5.78. The van der Waals surface area contributed by atoms with Crippen molar-refractivity contribution in [2.24, 2.45) is 5.73 Å². The van der Waals surface area contributed by atoms with E-state index in [4.69, 9.17) is 10.8 Å². The first-order valence-electron chi connectivity index (χ1n) is 3.73. The van der Waals surface area contributed by atoms with Gasteiger partial charge in [0.25, 0.3) is 0 Å². The lowest BCUT2D eigenvalue weighted by molar-refractivity contribution is -0.125. The van der Waals surface area contributed by atoms with Crippen LogP contribution in [0, 0.1) is 0 Å². The molecule has 0 rings (SSSR count). The zero-order chi connectivity index (χ0) is 9.78. The minimum atomic E-state index is -1.19. The number of aliphatic hydroxyl groups excluding tert-OH is 1. The average Bonchev–Trinajstić information content (AvgIpc) is 1.84. The second kappa shape index (κ2) is 4.39. The van der Waals surface area contributed by atoms with Crippen molar-refractivity contribution in [2.45, 2.75) is 25.6 Å². The van der Waals surface area contributed by atoms with Gasteiger partial charge in [-0.15, -0.1) is 0 Å². The zero-order valence-electron chi connectivity index (χ0n) is 7.37. The molecule has 0 radical (unpaired) electrons. The largest absolute Gasteiger partial charge is 0.389 e. The smallest absolute Gasteiger partial charge is 0.247 e. The van der Waals surface area contributed by atoms with Gasteiger partial charge < -0.3 is 21.3 Å². The number of carbonyl (C=O) groups excluding carboxylic acids is 1. The summed E-state index contributed by atoms with van der Waals surface area (Å²) in [7, 11) is 0. The van der Waals surface area contributed by atoms with E-state index < -0.39 is 17.6 Å². The molecule has 0 bridgehead atoms. The van der Waals surface area contributed by atoms with Crippen molar-refractivity contribution in [2.75, 3.05) is 13.1 Å². The van der Waals surface area contributed by atoms with Crippen molar-refractivity contribution in [3.63, 3.8) is 0 Å². The molecule has 0 saturated carbocycles. The van der Waals surface area contributed by atoms with Crippen LogP contribution in [0.15, 0.2) is 0 Å². The fourth-order valence-electron chi connectivity index (χ4n) is 0.615. The monoisotopic (exact) mass is 176 g/mol. The molecule has 0 aliphatic carbocycles. The molecule has 5 N–H and O–H groups in total. The second-order valence-electron chi connectivity index (χ2n) is 3.36. The Morgan fingerprint density at radius 2 is 2.17 bits per heavy atom. The number of aliphatic hydroxyl groups is 2. The quantitative estimate of drug-likeness (QED) is 0.397. The standard InChI is InChI=1S/C7H16N2O3/c1-7(2,12)4-9-3-5(10)6(8)11/h5,9-10,12H,3-4H2,1-2H3,(H2,8,11). The Labute approximate surface area is 71.6 Å². The molecule has 1 amide bonds. The molecular formula is C7H16N2O3. The molecule has 5 heteroatoms. The Bertz CT molecular complexity index is 153. The molecule has 12 heavy (non-hydrogen) atoms. The first kappa shape index (κ1) is 11.4. The van der Waals surface area contributed by atoms with E-state index in [0.717, 1.165) is 0 Å². The van der Waals surface area contributed by atoms with Crippen LogP contribution in [-0.4, -0.2) is 40.9 Å². The summed E-state index contributed by atoms with van der Waals surface area (Å²) in [6.07, 6.45) is -1.19. The van der Waals surface area contributed by atoms with E-state index in [1.165, 1.54) is 0 Å². The number of nitrogens with two attached hydrogens (primary N) is 1. The van der Waals surface area contributed by atoms with Crippen LogP contribution in [0.1, 0.15) is 13.8 Å². The number of nitrogens with one attached hydrogen (secondary N) is 1. The van der Waals surface area contributed by atoms with Crippen LogP contribution >= 0.6 is 0 Å². The van der Waals surface area contributed by atoms with Gasteiger partial charge in [-0.1, -0.05) is 0 Å².